The molecule has 138 valence electrons. The lowest BCUT2D eigenvalue weighted by atomic mass is 10.2. The topological polar surface area (TPSA) is 65.5 Å². The summed E-state index contributed by atoms with van der Waals surface area (Å²) in [7, 11) is 1.83. The molecule has 0 unspecified atom stereocenters. The Kier molecular flexibility index (Phi) is 6.00. The van der Waals surface area contributed by atoms with Gasteiger partial charge in [-0.15, -0.1) is 5.10 Å². The molecule has 1 amide bonds. The van der Waals surface area contributed by atoms with Gasteiger partial charge in [-0.2, -0.15) is 5.10 Å². The zero-order chi connectivity index (χ0) is 18.5. The predicted molar refractivity (Wildman–Crippen MR) is 102 cm³/mol. The van der Waals surface area contributed by atoms with Gasteiger partial charge in [0.1, 0.15) is 0 Å². The average Bonchev–Trinajstić information content (AvgIpc) is 2.68. The number of aromatic nitrogens is 3. The van der Waals surface area contributed by atoms with Crippen LogP contribution in [-0.2, 0) is 4.79 Å². The molecule has 0 spiro atoms. The first kappa shape index (κ1) is 18.5. The van der Waals surface area contributed by atoms with Gasteiger partial charge in [0.25, 0.3) is 0 Å². The summed E-state index contributed by atoms with van der Waals surface area (Å²) >= 11 is 5.94. The van der Waals surface area contributed by atoms with Gasteiger partial charge in [0.2, 0.25) is 11.9 Å². The fourth-order valence-corrected chi connectivity index (χ4v) is 2.91. The highest BCUT2D eigenvalue weighted by Gasteiger charge is 2.22. The van der Waals surface area contributed by atoms with Crippen molar-refractivity contribution in [2.75, 3.05) is 51.2 Å². The second-order valence-corrected chi connectivity index (χ2v) is 6.76. The normalized spacial score (nSPS) is 15.1. The molecule has 3 rings (SSSR count). The van der Waals surface area contributed by atoms with Crippen molar-refractivity contribution in [2.45, 2.75) is 6.92 Å². The van der Waals surface area contributed by atoms with Crippen LogP contribution in [0.25, 0.3) is 11.3 Å². The monoisotopic (exact) mass is 374 g/mol. The van der Waals surface area contributed by atoms with Gasteiger partial charge in [-0.05, 0) is 19.1 Å². The number of likely N-dealkylation sites (N-methyl/N-ethyl adjacent to an activating group) is 1. The molecule has 1 saturated heterocycles. The zero-order valence-electron chi connectivity index (χ0n) is 15.1. The zero-order valence-corrected chi connectivity index (χ0v) is 15.9. The van der Waals surface area contributed by atoms with E-state index in [0.29, 0.717) is 17.5 Å². The first-order valence-corrected chi connectivity index (χ1v) is 9.11. The number of hydrogen-bond donors (Lipinski definition) is 0. The molecule has 0 radical (unpaired) electrons. The van der Waals surface area contributed by atoms with Gasteiger partial charge in [-0.25, -0.2) is 4.98 Å². The summed E-state index contributed by atoms with van der Waals surface area (Å²) in [5.41, 5.74) is 1.73. The molecule has 1 aromatic heterocycles. The van der Waals surface area contributed by atoms with E-state index in [0.717, 1.165) is 44.0 Å². The van der Waals surface area contributed by atoms with Crippen LogP contribution in [-0.4, -0.2) is 77.2 Å². The Morgan fingerprint density at radius 2 is 1.88 bits per heavy atom. The van der Waals surface area contributed by atoms with Crippen molar-refractivity contribution in [3.05, 3.63) is 35.5 Å². The molecule has 1 aliphatic heterocycles. The predicted octanol–water partition coefficient (Wildman–Crippen LogP) is 1.79. The van der Waals surface area contributed by atoms with E-state index in [2.05, 4.69) is 25.0 Å². The number of rotatable bonds is 5. The first-order chi connectivity index (χ1) is 12.6. The van der Waals surface area contributed by atoms with Crippen molar-refractivity contribution in [1.29, 1.82) is 0 Å². The number of carbonyl (C=O) groups excluding carboxylic acids is 1. The van der Waals surface area contributed by atoms with E-state index in [1.807, 2.05) is 38.2 Å². The third kappa shape index (κ3) is 4.47. The van der Waals surface area contributed by atoms with Gasteiger partial charge in [0, 0.05) is 50.4 Å². The summed E-state index contributed by atoms with van der Waals surface area (Å²) in [6, 6.07) is 7.51. The lowest BCUT2D eigenvalue weighted by molar-refractivity contribution is -0.131. The van der Waals surface area contributed by atoms with Gasteiger partial charge < -0.3 is 9.80 Å². The van der Waals surface area contributed by atoms with Crippen molar-refractivity contribution in [3.8, 4) is 11.3 Å². The summed E-state index contributed by atoms with van der Waals surface area (Å²) in [5, 5.41) is 8.97. The molecule has 8 heteroatoms. The van der Waals surface area contributed by atoms with Crippen LogP contribution in [0.4, 0.5) is 5.95 Å². The molecular formula is C18H23ClN6O. The molecule has 0 saturated carbocycles. The van der Waals surface area contributed by atoms with E-state index < -0.39 is 0 Å². The summed E-state index contributed by atoms with van der Waals surface area (Å²) < 4.78 is 0. The van der Waals surface area contributed by atoms with E-state index in [9.17, 15) is 4.79 Å². The van der Waals surface area contributed by atoms with Gasteiger partial charge in [0.05, 0.1) is 18.4 Å². The Bertz CT molecular complexity index is 746. The second-order valence-electron chi connectivity index (χ2n) is 6.32. The molecule has 26 heavy (non-hydrogen) atoms. The lowest BCUT2D eigenvalue weighted by Gasteiger charge is -2.34. The van der Waals surface area contributed by atoms with E-state index in [-0.39, 0.29) is 5.91 Å². The Hall–Kier alpha value is -2.25. The van der Waals surface area contributed by atoms with Crippen LogP contribution >= 0.6 is 11.6 Å². The van der Waals surface area contributed by atoms with Crippen molar-refractivity contribution in [1.82, 2.24) is 25.0 Å². The summed E-state index contributed by atoms with van der Waals surface area (Å²) in [6.07, 6.45) is 1.65. The van der Waals surface area contributed by atoms with Crippen LogP contribution in [0.1, 0.15) is 6.92 Å². The van der Waals surface area contributed by atoms with Crippen LogP contribution in [0.15, 0.2) is 30.5 Å². The third-order valence-corrected chi connectivity index (χ3v) is 4.85. The number of hydrogen-bond acceptors (Lipinski definition) is 6. The molecular weight excluding hydrogens is 352 g/mol. The maximum Gasteiger partial charge on any atom is 0.245 e. The number of carbonyl (C=O) groups is 1. The smallest absolute Gasteiger partial charge is 0.245 e. The molecule has 2 aromatic rings. The van der Waals surface area contributed by atoms with Crippen molar-refractivity contribution in [2.24, 2.45) is 0 Å². The molecule has 1 fully saturated rings. The van der Waals surface area contributed by atoms with Gasteiger partial charge in [0.15, 0.2) is 0 Å². The standard InChI is InChI=1S/C18H23ClN6O/c1-3-23(2)17(26)13-24-8-10-25(11-9-24)18-21-16(12-20-22-18)14-4-6-15(19)7-5-14/h4-7,12H,3,8-11,13H2,1-2H3. The summed E-state index contributed by atoms with van der Waals surface area (Å²) in [6.45, 7) is 6.32. The molecule has 0 aliphatic carbocycles. The van der Waals surface area contributed by atoms with E-state index in [1.54, 1.807) is 11.1 Å². The minimum atomic E-state index is 0.156. The van der Waals surface area contributed by atoms with E-state index in [1.165, 1.54) is 0 Å². The minimum Gasteiger partial charge on any atom is -0.345 e. The van der Waals surface area contributed by atoms with Crippen molar-refractivity contribution < 1.29 is 4.79 Å². The highest BCUT2D eigenvalue weighted by Crippen LogP contribution is 2.20. The Balaban J connectivity index is 1.62. The number of amides is 1. The number of anilines is 1. The molecule has 7 nitrogen and oxygen atoms in total. The number of nitrogens with zero attached hydrogens (tertiary/aromatic N) is 6. The Morgan fingerprint density at radius 1 is 1.19 bits per heavy atom. The quantitative estimate of drug-likeness (QED) is 0.795. The van der Waals surface area contributed by atoms with Crippen molar-refractivity contribution >= 4 is 23.5 Å². The largest absolute Gasteiger partial charge is 0.345 e. The highest BCUT2D eigenvalue weighted by atomic mass is 35.5. The Labute approximate surface area is 158 Å². The van der Waals surface area contributed by atoms with E-state index >= 15 is 0 Å². The fraction of sp³-hybridized carbons (Fsp3) is 0.444. The maximum absolute atomic E-state index is 12.0. The van der Waals surface area contributed by atoms with Gasteiger partial charge >= 0.3 is 0 Å². The summed E-state index contributed by atoms with van der Waals surface area (Å²) in [4.78, 5) is 22.7. The van der Waals surface area contributed by atoms with E-state index in [4.69, 9.17) is 11.6 Å². The highest BCUT2D eigenvalue weighted by molar-refractivity contribution is 6.30. The SMILES string of the molecule is CCN(C)C(=O)CN1CCN(c2nncc(-c3ccc(Cl)cc3)n2)CC1. The third-order valence-electron chi connectivity index (χ3n) is 4.60. The Morgan fingerprint density at radius 3 is 2.54 bits per heavy atom. The number of piperazine rings is 1. The minimum absolute atomic E-state index is 0.156. The van der Waals surface area contributed by atoms with Crippen LogP contribution in [0.5, 0.6) is 0 Å². The van der Waals surface area contributed by atoms with Gasteiger partial charge in [-0.3, -0.25) is 9.69 Å². The maximum atomic E-state index is 12.0. The summed E-state index contributed by atoms with van der Waals surface area (Å²) in [5.74, 6) is 0.776. The number of benzene rings is 1. The molecule has 1 aromatic carbocycles. The first-order valence-electron chi connectivity index (χ1n) is 8.73. The van der Waals surface area contributed by atoms with Crippen LogP contribution < -0.4 is 4.90 Å². The lowest BCUT2D eigenvalue weighted by Crippen LogP contribution is -2.50. The average molecular weight is 375 g/mol. The molecule has 1 aliphatic rings. The fourth-order valence-electron chi connectivity index (χ4n) is 2.78. The molecule has 2 heterocycles. The number of halogens is 1. The van der Waals surface area contributed by atoms with Crippen LogP contribution in [0, 0.1) is 0 Å². The second kappa shape index (κ2) is 8.42. The molecule has 0 atom stereocenters. The van der Waals surface area contributed by atoms with Gasteiger partial charge in [-0.1, -0.05) is 23.7 Å². The molecule has 0 bridgehead atoms. The van der Waals surface area contributed by atoms with Crippen molar-refractivity contribution in [3.63, 3.8) is 0 Å². The molecule has 0 N–H and O–H groups in total. The van der Waals surface area contributed by atoms with Crippen LogP contribution in [0.3, 0.4) is 0 Å². The van der Waals surface area contributed by atoms with Crippen LogP contribution in [0.2, 0.25) is 5.02 Å².